The highest BCUT2D eigenvalue weighted by Crippen LogP contribution is 2.30. The SMILES string of the molecule is CCCC/C=C(/CCCC)[Si](C)(C)[Si](C)(C)C. The quantitative estimate of drug-likeness (QED) is 0.377. The summed E-state index contributed by atoms with van der Waals surface area (Å²) in [7, 11) is -2.11. The minimum absolute atomic E-state index is 0.987. The lowest BCUT2D eigenvalue weighted by Crippen LogP contribution is -2.54. The maximum Gasteiger partial charge on any atom is 0.0681 e. The van der Waals surface area contributed by atoms with E-state index >= 15 is 0 Å². The second-order valence-corrected chi connectivity index (χ2v) is 23.5. The van der Waals surface area contributed by atoms with Crippen LogP contribution in [0.3, 0.4) is 0 Å². The highest BCUT2D eigenvalue weighted by Gasteiger charge is 2.39. The molecule has 0 heterocycles. The molecule has 0 aliphatic heterocycles. The Labute approximate surface area is 112 Å². The summed E-state index contributed by atoms with van der Waals surface area (Å²) in [4.78, 5) is 0. The van der Waals surface area contributed by atoms with Gasteiger partial charge in [0, 0.05) is 7.59 Å². The van der Waals surface area contributed by atoms with Gasteiger partial charge in [-0.15, -0.1) is 0 Å². The van der Waals surface area contributed by atoms with Crippen LogP contribution in [0.25, 0.3) is 0 Å². The first-order valence-electron chi connectivity index (χ1n) is 7.46. The number of hydrogen-bond donors (Lipinski definition) is 0. The molecule has 17 heavy (non-hydrogen) atoms. The number of rotatable bonds is 8. The van der Waals surface area contributed by atoms with Gasteiger partial charge in [-0.2, -0.15) is 0 Å². The second kappa shape index (κ2) is 7.57. The van der Waals surface area contributed by atoms with Crippen molar-refractivity contribution >= 4 is 15.2 Å². The molecular formula is C15H34Si2. The highest BCUT2D eigenvalue weighted by molar-refractivity contribution is 7.43. The van der Waals surface area contributed by atoms with Gasteiger partial charge in [0.05, 0.1) is 7.59 Å². The Kier molecular flexibility index (Phi) is 7.65. The maximum atomic E-state index is 2.63. The van der Waals surface area contributed by atoms with Crippen LogP contribution in [0.2, 0.25) is 32.7 Å². The molecule has 102 valence electrons. The first-order valence-corrected chi connectivity index (χ1v) is 15.0. The van der Waals surface area contributed by atoms with Crippen LogP contribution in [0, 0.1) is 0 Å². The van der Waals surface area contributed by atoms with Crippen LogP contribution in [0.4, 0.5) is 0 Å². The molecule has 0 bridgehead atoms. The average Bonchev–Trinajstić information content (AvgIpc) is 2.21. The Morgan fingerprint density at radius 1 is 0.882 bits per heavy atom. The molecule has 0 aliphatic rings. The molecule has 0 atom stereocenters. The molecule has 0 amide bonds. The van der Waals surface area contributed by atoms with Gasteiger partial charge in [-0.3, -0.25) is 0 Å². The zero-order valence-corrected chi connectivity index (χ0v) is 15.3. The second-order valence-electron chi connectivity index (χ2n) is 6.85. The van der Waals surface area contributed by atoms with E-state index in [4.69, 9.17) is 0 Å². The molecule has 0 unspecified atom stereocenters. The van der Waals surface area contributed by atoms with Crippen LogP contribution in [-0.4, -0.2) is 15.2 Å². The number of allylic oxidation sites excluding steroid dienone is 2. The molecule has 0 aromatic rings. The molecule has 2 heteroatoms. The summed E-state index contributed by atoms with van der Waals surface area (Å²) in [6, 6.07) is 0. The Morgan fingerprint density at radius 3 is 1.82 bits per heavy atom. The first kappa shape index (κ1) is 17.2. The normalized spacial score (nSPS) is 14.2. The van der Waals surface area contributed by atoms with Gasteiger partial charge in [0.2, 0.25) is 0 Å². The van der Waals surface area contributed by atoms with Crippen LogP contribution < -0.4 is 0 Å². The van der Waals surface area contributed by atoms with E-state index in [1.807, 2.05) is 5.20 Å². The largest absolute Gasteiger partial charge is 0.0894 e. The molecule has 0 aromatic carbocycles. The van der Waals surface area contributed by atoms with Gasteiger partial charge in [-0.05, 0) is 12.8 Å². The standard InChI is InChI=1S/C15H34Si2/c1-8-10-12-14-15(13-11-9-2)17(6,7)16(3,4)5/h14H,8-13H2,1-7H3/b15-14-. The lowest BCUT2D eigenvalue weighted by molar-refractivity contribution is 0.783. The minimum atomic E-state index is -1.12. The summed E-state index contributed by atoms with van der Waals surface area (Å²) in [5.74, 6) is 0. The van der Waals surface area contributed by atoms with Gasteiger partial charge in [0.1, 0.15) is 0 Å². The van der Waals surface area contributed by atoms with Crippen molar-refractivity contribution in [3.05, 3.63) is 11.3 Å². The summed E-state index contributed by atoms with van der Waals surface area (Å²) in [6.45, 7) is 17.5. The Bertz CT molecular complexity index is 234. The molecule has 0 aliphatic carbocycles. The van der Waals surface area contributed by atoms with Crippen molar-refractivity contribution in [3.63, 3.8) is 0 Å². The smallest absolute Gasteiger partial charge is 0.0681 e. The van der Waals surface area contributed by atoms with Crippen molar-refractivity contribution in [2.75, 3.05) is 0 Å². The molecular weight excluding hydrogens is 236 g/mol. The van der Waals surface area contributed by atoms with Gasteiger partial charge in [0.25, 0.3) is 0 Å². The van der Waals surface area contributed by atoms with E-state index in [2.05, 4.69) is 52.7 Å². The van der Waals surface area contributed by atoms with Crippen molar-refractivity contribution < 1.29 is 0 Å². The molecule has 0 rings (SSSR count). The van der Waals surface area contributed by atoms with E-state index < -0.39 is 15.2 Å². The number of unbranched alkanes of at least 4 members (excludes halogenated alkanes) is 3. The van der Waals surface area contributed by atoms with Crippen molar-refractivity contribution in [1.29, 1.82) is 0 Å². The van der Waals surface area contributed by atoms with Crippen molar-refractivity contribution in [2.45, 2.75) is 85.1 Å². The van der Waals surface area contributed by atoms with E-state index in [0.717, 1.165) is 0 Å². The molecule has 0 fully saturated rings. The predicted molar refractivity (Wildman–Crippen MR) is 88.0 cm³/mol. The van der Waals surface area contributed by atoms with Crippen LogP contribution in [0.15, 0.2) is 11.3 Å². The predicted octanol–water partition coefficient (Wildman–Crippen LogP) is 5.96. The fourth-order valence-electron chi connectivity index (χ4n) is 2.00. The summed E-state index contributed by atoms with van der Waals surface area (Å²) >= 11 is 0. The Morgan fingerprint density at radius 2 is 1.41 bits per heavy atom. The van der Waals surface area contributed by atoms with Crippen LogP contribution >= 0.6 is 0 Å². The lowest BCUT2D eigenvalue weighted by Gasteiger charge is -2.38. The third-order valence-corrected chi connectivity index (χ3v) is 22.4. The fourth-order valence-corrected chi connectivity index (χ4v) is 7.99. The van der Waals surface area contributed by atoms with Gasteiger partial charge >= 0.3 is 0 Å². The van der Waals surface area contributed by atoms with Crippen molar-refractivity contribution in [3.8, 4) is 0 Å². The van der Waals surface area contributed by atoms with Crippen molar-refractivity contribution in [2.24, 2.45) is 0 Å². The first-order chi connectivity index (χ1) is 7.77. The van der Waals surface area contributed by atoms with E-state index in [1.54, 1.807) is 0 Å². The molecule has 0 saturated heterocycles. The monoisotopic (exact) mass is 270 g/mol. The zero-order chi connectivity index (χ0) is 13.5. The summed E-state index contributed by atoms with van der Waals surface area (Å²) in [6.07, 6.45) is 10.7. The van der Waals surface area contributed by atoms with Gasteiger partial charge < -0.3 is 0 Å². The molecule has 0 radical (unpaired) electrons. The maximum absolute atomic E-state index is 2.63. The summed E-state index contributed by atoms with van der Waals surface area (Å²) < 4.78 is 0. The van der Waals surface area contributed by atoms with Crippen LogP contribution in [-0.2, 0) is 0 Å². The molecule has 0 N–H and O–H groups in total. The van der Waals surface area contributed by atoms with E-state index in [-0.39, 0.29) is 0 Å². The van der Waals surface area contributed by atoms with Crippen molar-refractivity contribution in [1.82, 2.24) is 0 Å². The lowest BCUT2D eigenvalue weighted by atomic mass is 10.2. The third-order valence-electron chi connectivity index (χ3n) is 4.43. The molecule has 0 spiro atoms. The number of hydrogen-bond acceptors (Lipinski definition) is 0. The third kappa shape index (κ3) is 5.56. The average molecular weight is 271 g/mol. The zero-order valence-electron chi connectivity index (χ0n) is 13.3. The molecule has 0 nitrogen and oxygen atoms in total. The van der Waals surface area contributed by atoms with Gasteiger partial charge in [-0.25, -0.2) is 0 Å². The van der Waals surface area contributed by atoms with E-state index in [0.29, 0.717) is 0 Å². The highest BCUT2D eigenvalue weighted by atomic mass is 29.3. The van der Waals surface area contributed by atoms with Gasteiger partial charge in [-0.1, -0.05) is 83.5 Å². The minimum Gasteiger partial charge on any atom is -0.0894 e. The summed E-state index contributed by atoms with van der Waals surface area (Å²) in [5, 5.41) is 1.88. The Hall–Kier alpha value is 0.174. The fraction of sp³-hybridized carbons (Fsp3) is 0.867. The Balaban J connectivity index is 4.83. The summed E-state index contributed by atoms with van der Waals surface area (Å²) in [5.41, 5.74) is 0. The molecule has 0 aromatic heterocycles. The van der Waals surface area contributed by atoms with E-state index in [1.165, 1.54) is 38.5 Å². The van der Waals surface area contributed by atoms with Crippen LogP contribution in [0.5, 0.6) is 0 Å². The van der Waals surface area contributed by atoms with Crippen LogP contribution in [0.1, 0.15) is 52.4 Å². The molecule has 0 saturated carbocycles. The van der Waals surface area contributed by atoms with Gasteiger partial charge in [0.15, 0.2) is 0 Å². The van der Waals surface area contributed by atoms with E-state index in [9.17, 15) is 0 Å². The topological polar surface area (TPSA) is 0 Å².